The second-order valence-corrected chi connectivity index (χ2v) is 7.33. The van der Waals surface area contributed by atoms with Gasteiger partial charge in [0.1, 0.15) is 0 Å². The van der Waals surface area contributed by atoms with Crippen molar-refractivity contribution in [1.29, 1.82) is 0 Å². The Hall–Kier alpha value is -0.0800. The lowest BCUT2D eigenvalue weighted by atomic mass is 9.69. The summed E-state index contributed by atoms with van der Waals surface area (Å²) in [5.74, 6) is 1.70. The maximum Gasteiger partial charge on any atom is 0.0469 e. The van der Waals surface area contributed by atoms with Crippen LogP contribution in [0.3, 0.4) is 0 Å². The van der Waals surface area contributed by atoms with Crippen LogP contribution in [-0.4, -0.2) is 25.8 Å². The zero-order valence-electron chi connectivity index (χ0n) is 12.5. The zero-order valence-corrected chi connectivity index (χ0v) is 12.5. The Kier molecular flexibility index (Phi) is 5.08. The average Bonchev–Trinajstić information content (AvgIpc) is 2.37. The number of hydrogen-bond acceptors (Lipinski definition) is 2. The van der Waals surface area contributed by atoms with Gasteiger partial charge in [-0.2, -0.15) is 0 Å². The minimum Gasteiger partial charge on any atom is -0.381 e. The second kappa shape index (κ2) is 6.38. The van der Waals surface area contributed by atoms with Gasteiger partial charge >= 0.3 is 0 Å². The summed E-state index contributed by atoms with van der Waals surface area (Å²) in [5, 5.41) is 3.89. The van der Waals surface area contributed by atoms with Crippen molar-refractivity contribution in [2.24, 2.45) is 17.3 Å². The highest BCUT2D eigenvalue weighted by atomic mass is 16.5. The van der Waals surface area contributed by atoms with Crippen LogP contribution in [-0.2, 0) is 4.74 Å². The van der Waals surface area contributed by atoms with Crippen molar-refractivity contribution in [3.63, 3.8) is 0 Å². The van der Waals surface area contributed by atoms with Crippen LogP contribution in [0.1, 0.15) is 59.3 Å². The predicted molar refractivity (Wildman–Crippen MR) is 76.7 cm³/mol. The van der Waals surface area contributed by atoms with Crippen LogP contribution in [0.2, 0.25) is 0 Å². The Morgan fingerprint density at radius 3 is 2.33 bits per heavy atom. The third-order valence-corrected chi connectivity index (χ3v) is 4.89. The third kappa shape index (κ3) is 3.96. The summed E-state index contributed by atoms with van der Waals surface area (Å²) in [6, 6.07) is 0.751. The normalized spacial score (nSPS) is 31.5. The van der Waals surface area contributed by atoms with Gasteiger partial charge in [0.25, 0.3) is 0 Å². The molecule has 1 aliphatic carbocycles. The molecule has 2 fully saturated rings. The van der Waals surface area contributed by atoms with E-state index >= 15 is 0 Å². The van der Waals surface area contributed by atoms with Gasteiger partial charge in [0, 0.05) is 19.3 Å². The molecule has 1 aliphatic heterocycles. The summed E-state index contributed by atoms with van der Waals surface area (Å²) in [5.41, 5.74) is 0.452. The van der Waals surface area contributed by atoms with Crippen LogP contribution in [0.25, 0.3) is 0 Å². The van der Waals surface area contributed by atoms with Crippen molar-refractivity contribution < 1.29 is 4.74 Å². The molecule has 0 bridgehead atoms. The highest BCUT2D eigenvalue weighted by molar-refractivity contribution is 4.88. The molecule has 1 heterocycles. The zero-order chi connectivity index (χ0) is 13.0. The topological polar surface area (TPSA) is 21.3 Å². The van der Waals surface area contributed by atoms with Crippen LogP contribution >= 0.6 is 0 Å². The fraction of sp³-hybridized carbons (Fsp3) is 1.00. The molecule has 1 saturated carbocycles. The molecular weight excluding hydrogens is 222 g/mol. The molecule has 2 heteroatoms. The average molecular weight is 253 g/mol. The van der Waals surface area contributed by atoms with Crippen molar-refractivity contribution in [2.75, 3.05) is 19.8 Å². The minimum absolute atomic E-state index is 0.452. The molecule has 2 aliphatic rings. The summed E-state index contributed by atoms with van der Waals surface area (Å²) in [7, 11) is 0. The van der Waals surface area contributed by atoms with E-state index in [-0.39, 0.29) is 0 Å². The third-order valence-electron chi connectivity index (χ3n) is 4.89. The Morgan fingerprint density at radius 1 is 1.00 bits per heavy atom. The van der Waals surface area contributed by atoms with E-state index in [1.54, 1.807) is 0 Å². The Bertz CT molecular complexity index is 240. The molecule has 0 aromatic heterocycles. The van der Waals surface area contributed by atoms with Crippen molar-refractivity contribution in [3.05, 3.63) is 0 Å². The standard InChI is InChI=1S/C16H31NO/c1-16(2,3)14-6-4-5-7-15(14)17-12-13-8-10-18-11-9-13/h13-15,17H,4-12H2,1-3H3. The van der Waals surface area contributed by atoms with E-state index in [1.807, 2.05) is 0 Å². The van der Waals surface area contributed by atoms with Crippen LogP contribution < -0.4 is 5.32 Å². The van der Waals surface area contributed by atoms with Crippen LogP contribution in [0.15, 0.2) is 0 Å². The van der Waals surface area contributed by atoms with Gasteiger partial charge in [-0.15, -0.1) is 0 Å². The second-order valence-electron chi connectivity index (χ2n) is 7.33. The van der Waals surface area contributed by atoms with Gasteiger partial charge in [-0.3, -0.25) is 0 Å². The van der Waals surface area contributed by atoms with Crippen molar-refractivity contribution in [2.45, 2.75) is 65.3 Å². The minimum atomic E-state index is 0.452. The summed E-state index contributed by atoms with van der Waals surface area (Å²) in [6.45, 7) is 10.4. The molecule has 0 aromatic rings. The van der Waals surface area contributed by atoms with E-state index in [9.17, 15) is 0 Å². The number of nitrogens with one attached hydrogen (secondary N) is 1. The molecule has 0 amide bonds. The first-order valence-corrected chi connectivity index (χ1v) is 7.88. The van der Waals surface area contributed by atoms with Gasteiger partial charge in [-0.05, 0) is 49.5 Å². The van der Waals surface area contributed by atoms with Gasteiger partial charge in [-0.25, -0.2) is 0 Å². The lowest BCUT2D eigenvalue weighted by molar-refractivity contribution is 0.0605. The first-order chi connectivity index (χ1) is 8.57. The molecule has 2 rings (SSSR count). The maximum absolute atomic E-state index is 5.44. The smallest absolute Gasteiger partial charge is 0.0469 e. The van der Waals surface area contributed by atoms with Crippen LogP contribution in [0.5, 0.6) is 0 Å². The Labute approximate surface area is 113 Å². The number of ether oxygens (including phenoxy) is 1. The van der Waals surface area contributed by atoms with Gasteiger partial charge < -0.3 is 10.1 Å². The highest BCUT2D eigenvalue weighted by Gasteiger charge is 2.34. The quantitative estimate of drug-likeness (QED) is 0.829. The first kappa shape index (κ1) is 14.3. The molecule has 0 radical (unpaired) electrons. The van der Waals surface area contributed by atoms with Crippen LogP contribution in [0, 0.1) is 17.3 Å². The van der Waals surface area contributed by atoms with Gasteiger partial charge in [0.05, 0.1) is 0 Å². The van der Waals surface area contributed by atoms with Crippen LogP contribution in [0.4, 0.5) is 0 Å². The first-order valence-electron chi connectivity index (χ1n) is 7.88. The molecule has 2 unspecified atom stereocenters. The molecule has 0 spiro atoms. The van der Waals surface area contributed by atoms with E-state index in [0.29, 0.717) is 5.41 Å². The summed E-state index contributed by atoms with van der Waals surface area (Å²) in [4.78, 5) is 0. The number of hydrogen-bond donors (Lipinski definition) is 1. The SMILES string of the molecule is CC(C)(C)C1CCCCC1NCC1CCOCC1. The molecule has 106 valence electrons. The van der Waals surface area contributed by atoms with E-state index in [2.05, 4.69) is 26.1 Å². The van der Waals surface area contributed by atoms with Gasteiger partial charge in [0.2, 0.25) is 0 Å². The van der Waals surface area contributed by atoms with Crippen molar-refractivity contribution >= 4 is 0 Å². The Balaban J connectivity index is 1.81. The highest BCUT2D eigenvalue weighted by Crippen LogP contribution is 2.38. The largest absolute Gasteiger partial charge is 0.381 e. The molecule has 1 N–H and O–H groups in total. The fourth-order valence-corrected chi connectivity index (χ4v) is 3.68. The van der Waals surface area contributed by atoms with Gasteiger partial charge in [-0.1, -0.05) is 33.6 Å². The maximum atomic E-state index is 5.44. The lowest BCUT2D eigenvalue weighted by Gasteiger charge is -2.41. The van der Waals surface area contributed by atoms with E-state index in [0.717, 1.165) is 31.1 Å². The van der Waals surface area contributed by atoms with E-state index in [1.165, 1.54) is 45.1 Å². The monoisotopic (exact) mass is 253 g/mol. The molecule has 2 nitrogen and oxygen atoms in total. The Morgan fingerprint density at radius 2 is 1.67 bits per heavy atom. The fourth-order valence-electron chi connectivity index (χ4n) is 3.68. The molecule has 1 saturated heterocycles. The summed E-state index contributed by atoms with van der Waals surface area (Å²) < 4.78 is 5.44. The molecule has 18 heavy (non-hydrogen) atoms. The van der Waals surface area contributed by atoms with Crippen molar-refractivity contribution in [3.8, 4) is 0 Å². The summed E-state index contributed by atoms with van der Waals surface area (Å²) in [6.07, 6.45) is 8.13. The number of rotatable bonds is 3. The van der Waals surface area contributed by atoms with Crippen molar-refractivity contribution in [1.82, 2.24) is 5.32 Å². The molecule has 2 atom stereocenters. The van der Waals surface area contributed by atoms with E-state index < -0.39 is 0 Å². The lowest BCUT2D eigenvalue weighted by Crippen LogP contribution is -2.46. The predicted octanol–water partition coefficient (Wildman–Crippen LogP) is 3.61. The van der Waals surface area contributed by atoms with E-state index in [4.69, 9.17) is 4.74 Å². The molecule has 0 aromatic carbocycles. The van der Waals surface area contributed by atoms with Gasteiger partial charge in [0.15, 0.2) is 0 Å². The summed E-state index contributed by atoms with van der Waals surface area (Å²) >= 11 is 0. The molecular formula is C16H31NO.